The number of halogens is 1. The van der Waals surface area contributed by atoms with E-state index in [0.29, 0.717) is 10.0 Å². The van der Waals surface area contributed by atoms with E-state index in [0.717, 1.165) is 0 Å². The molecule has 0 aliphatic rings. The van der Waals surface area contributed by atoms with Crippen LogP contribution >= 0.6 is 15.9 Å². The predicted octanol–water partition coefficient (Wildman–Crippen LogP) is 1.61. The van der Waals surface area contributed by atoms with Crippen LogP contribution in [0.5, 0.6) is 5.75 Å². The second-order valence-electron chi connectivity index (χ2n) is 2.81. The minimum absolute atomic E-state index is 0.00921. The highest BCUT2D eigenvalue weighted by atomic mass is 79.9. The number of benzene rings is 1. The van der Waals surface area contributed by atoms with Crippen LogP contribution in [0.2, 0.25) is 0 Å². The summed E-state index contributed by atoms with van der Waals surface area (Å²) in [6, 6.07) is 4.54. The highest BCUT2D eigenvalue weighted by Gasteiger charge is 2.11. The van der Waals surface area contributed by atoms with Crippen LogP contribution in [0.4, 0.5) is 0 Å². The molecule has 0 saturated heterocycles. The number of rotatable bonds is 3. The standard InChI is InChI=1S/C9H8BrNO4/c10-6-3-5(1-2-8(6)12)4-7(11-15)9(13)14/h1-3,12,15H,4H2,(H,13,14). The third kappa shape index (κ3) is 2.95. The molecule has 0 fully saturated rings. The van der Waals surface area contributed by atoms with Crippen LogP contribution in [0.3, 0.4) is 0 Å². The van der Waals surface area contributed by atoms with Gasteiger partial charge in [-0.3, -0.25) is 0 Å². The maximum absolute atomic E-state index is 10.5. The van der Waals surface area contributed by atoms with Gasteiger partial charge in [-0.2, -0.15) is 0 Å². The van der Waals surface area contributed by atoms with Crippen molar-refractivity contribution in [3.05, 3.63) is 28.2 Å². The van der Waals surface area contributed by atoms with Gasteiger partial charge < -0.3 is 15.4 Å². The van der Waals surface area contributed by atoms with Gasteiger partial charge in [0.05, 0.1) is 4.47 Å². The number of carboxylic acids is 1. The number of hydrogen-bond donors (Lipinski definition) is 3. The fraction of sp³-hybridized carbons (Fsp3) is 0.111. The third-order valence-corrected chi connectivity index (χ3v) is 2.39. The molecule has 0 radical (unpaired) electrons. The Hall–Kier alpha value is -1.56. The SMILES string of the molecule is O=C(O)C(Cc1ccc(O)c(Br)c1)=NO. The monoisotopic (exact) mass is 273 g/mol. The minimum atomic E-state index is -1.28. The van der Waals surface area contributed by atoms with Crippen molar-refractivity contribution < 1.29 is 20.2 Å². The Labute approximate surface area is 93.8 Å². The summed E-state index contributed by atoms with van der Waals surface area (Å²) in [6.45, 7) is 0. The molecule has 1 aromatic carbocycles. The van der Waals surface area contributed by atoms with Gasteiger partial charge in [0.1, 0.15) is 5.75 Å². The lowest BCUT2D eigenvalue weighted by molar-refractivity contribution is -0.129. The lowest BCUT2D eigenvalue weighted by atomic mass is 10.1. The normalized spacial score (nSPS) is 11.4. The molecule has 6 heteroatoms. The molecule has 0 saturated carbocycles. The number of phenolic OH excluding ortho intramolecular Hbond substituents is 1. The fourth-order valence-electron chi connectivity index (χ4n) is 1.01. The van der Waals surface area contributed by atoms with Crippen molar-refractivity contribution in [3.63, 3.8) is 0 Å². The van der Waals surface area contributed by atoms with Gasteiger partial charge in [-0.25, -0.2) is 4.79 Å². The first-order valence-electron chi connectivity index (χ1n) is 3.96. The number of carbonyl (C=O) groups is 1. The number of oxime groups is 1. The number of aliphatic carboxylic acids is 1. The highest BCUT2D eigenvalue weighted by Crippen LogP contribution is 2.24. The lowest BCUT2D eigenvalue weighted by Gasteiger charge is -2.02. The van der Waals surface area contributed by atoms with Crippen LogP contribution in [0.1, 0.15) is 5.56 Å². The molecular formula is C9H8BrNO4. The molecule has 0 spiro atoms. The molecule has 3 N–H and O–H groups in total. The Bertz CT molecular complexity index is 417. The Balaban J connectivity index is 2.90. The summed E-state index contributed by atoms with van der Waals surface area (Å²) in [5, 5.41) is 28.9. The van der Waals surface area contributed by atoms with E-state index in [1.165, 1.54) is 6.07 Å². The average molecular weight is 274 g/mol. The predicted molar refractivity (Wildman–Crippen MR) is 56.4 cm³/mol. The van der Waals surface area contributed by atoms with E-state index in [4.69, 9.17) is 10.3 Å². The van der Waals surface area contributed by atoms with E-state index in [9.17, 15) is 9.90 Å². The van der Waals surface area contributed by atoms with Crippen LogP contribution in [-0.4, -0.2) is 27.1 Å². The van der Waals surface area contributed by atoms with Crippen molar-refractivity contribution in [3.8, 4) is 5.75 Å². The third-order valence-electron chi connectivity index (χ3n) is 1.75. The number of aromatic hydroxyl groups is 1. The molecule has 0 aliphatic carbocycles. The molecule has 15 heavy (non-hydrogen) atoms. The van der Waals surface area contributed by atoms with Gasteiger partial charge in [-0.05, 0) is 33.6 Å². The summed E-state index contributed by atoms with van der Waals surface area (Å²) in [6.07, 6.45) is -0.00921. The van der Waals surface area contributed by atoms with Gasteiger partial charge in [-0.1, -0.05) is 11.2 Å². The molecule has 0 aliphatic heterocycles. The zero-order valence-electron chi connectivity index (χ0n) is 7.51. The molecule has 0 amide bonds. The molecule has 1 aromatic rings. The van der Waals surface area contributed by atoms with E-state index in [2.05, 4.69) is 21.1 Å². The van der Waals surface area contributed by atoms with Crippen molar-refractivity contribution in [1.82, 2.24) is 0 Å². The van der Waals surface area contributed by atoms with E-state index in [1.807, 2.05) is 0 Å². The second-order valence-corrected chi connectivity index (χ2v) is 3.67. The first kappa shape index (κ1) is 11.5. The molecule has 0 unspecified atom stereocenters. The molecule has 0 atom stereocenters. The zero-order chi connectivity index (χ0) is 11.4. The Morgan fingerprint density at radius 3 is 2.60 bits per heavy atom. The Kier molecular flexibility index (Phi) is 3.68. The summed E-state index contributed by atoms with van der Waals surface area (Å²) < 4.78 is 0.461. The maximum Gasteiger partial charge on any atom is 0.354 e. The molecule has 5 nitrogen and oxygen atoms in total. The van der Waals surface area contributed by atoms with Crippen molar-refractivity contribution in [2.75, 3.05) is 0 Å². The van der Waals surface area contributed by atoms with Crippen LogP contribution in [0.15, 0.2) is 27.8 Å². The lowest BCUT2D eigenvalue weighted by Crippen LogP contribution is -2.15. The maximum atomic E-state index is 10.5. The van der Waals surface area contributed by atoms with Gasteiger partial charge in [0.2, 0.25) is 0 Å². The van der Waals surface area contributed by atoms with Crippen molar-refractivity contribution in [1.29, 1.82) is 0 Å². The summed E-state index contributed by atoms with van der Waals surface area (Å²) in [5.41, 5.74) is 0.266. The minimum Gasteiger partial charge on any atom is -0.507 e. The molecular weight excluding hydrogens is 266 g/mol. The van der Waals surface area contributed by atoms with Gasteiger partial charge in [0, 0.05) is 6.42 Å². The van der Waals surface area contributed by atoms with Crippen LogP contribution < -0.4 is 0 Å². The Morgan fingerprint density at radius 1 is 1.47 bits per heavy atom. The Morgan fingerprint density at radius 2 is 2.13 bits per heavy atom. The van der Waals surface area contributed by atoms with Crippen molar-refractivity contribution in [2.45, 2.75) is 6.42 Å². The van der Waals surface area contributed by atoms with Gasteiger partial charge in [-0.15, -0.1) is 0 Å². The highest BCUT2D eigenvalue weighted by molar-refractivity contribution is 9.10. The van der Waals surface area contributed by atoms with Crippen molar-refractivity contribution >= 4 is 27.6 Å². The van der Waals surface area contributed by atoms with E-state index < -0.39 is 5.97 Å². The molecule has 0 bridgehead atoms. The molecule has 80 valence electrons. The topological polar surface area (TPSA) is 90.1 Å². The average Bonchev–Trinajstić information content (AvgIpc) is 2.19. The molecule has 0 heterocycles. The van der Waals surface area contributed by atoms with E-state index in [1.54, 1.807) is 12.1 Å². The summed E-state index contributed by atoms with van der Waals surface area (Å²) >= 11 is 3.10. The second kappa shape index (κ2) is 4.79. The van der Waals surface area contributed by atoms with Crippen LogP contribution in [0, 0.1) is 0 Å². The molecule has 0 aromatic heterocycles. The summed E-state index contributed by atoms with van der Waals surface area (Å²) in [5.74, 6) is -1.21. The quantitative estimate of drug-likeness (QED) is 0.443. The van der Waals surface area contributed by atoms with Gasteiger partial charge in [0.25, 0.3) is 0 Å². The van der Waals surface area contributed by atoms with Gasteiger partial charge in [0.15, 0.2) is 5.71 Å². The van der Waals surface area contributed by atoms with Crippen LogP contribution in [-0.2, 0) is 11.2 Å². The summed E-state index contributed by atoms with van der Waals surface area (Å²) in [4.78, 5) is 10.5. The zero-order valence-corrected chi connectivity index (χ0v) is 9.10. The van der Waals surface area contributed by atoms with Gasteiger partial charge >= 0.3 is 5.97 Å². The largest absolute Gasteiger partial charge is 0.507 e. The van der Waals surface area contributed by atoms with E-state index >= 15 is 0 Å². The fourth-order valence-corrected chi connectivity index (χ4v) is 1.43. The van der Waals surface area contributed by atoms with Crippen molar-refractivity contribution in [2.24, 2.45) is 5.16 Å². The number of phenols is 1. The number of hydrogen-bond acceptors (Lipinski definition) is 4. The number of carboxylic acid groups (broad SMARTS) is 1. The number of nitrogens with zero attached hydrogens (tertiary/aromatic N) is 1. The first-order valence-corrected chi connectivity index (χ1v) is 4.75. The van der Waals surface area contributed by atoms with E-state index in [-0.39, 0.29) is 17.9 Å². The summed E-state index contributed by atoms with van der Waals surface area (Å²) in [7, 11) is 0. The van der Waals surface area contributed by atoms with Crippen LogP contribution in [0.25, 0.3) is 0 Å². The first-order chi connectivity index (χ1) is 7.04. The smallest absolute Gasteiger partial charge is 0.354 e. The molecule has 1 rings (SSSR count).